The molecule has 2 rings (SSSR count). The number of nitriles is 2. The summed E-state index contributed by atoms with van der Waals surface area (Å²) in [5.41, 5.74) is 1.19. The lowest BCUT2D eigenvalue weighted by atomic mass is 10.4. The van der Waals surface area contributed by atoms with Crippen LogP contribution in [-0.4, -0.2) is 9.35 Å². The molecule has 66 valence electrons. The van der Waals surface area contributed by atoms with Crippen molar-refractivity contribution in [1.29, 1.82) is 10.5 Å². The largest absolute Gasteiger partial charge is 0.263 e. The van der Waals surface area contributed by atoms with Crippen LogP contribution in [0, 0.1) is 22.7 Å². The minimum Gasteiger partial charge on any atom is -0.263 e. The molecule has 14 heavy (non-hydrogen) atoms. The Balaban J connectivity index is 2.41. The molecule has 0 spiro atoms. The summed E-state index contributed by atoms with van der Waals surface area (Å²) in [5.74, 6) is 0. The molecule has 0 aliphatic rings. The maximum atomic E-state index is 8.62. The van der Waals surface area contributed by atoms with E-state index in [1.54, 1.807) is 46.3 Å². The van der Waals surface area contributed by atoms with Gasteiger partial charge in [-0.2, -0.15) is 10.5 Å². The fourth-order valence-electron chi connectivity index (χ4n) is 1.19. The normalized spacial score (nSPS) is 9.29. The van der Waals surface area contributed by atoms with E-state index in [2.05, 4.69) is 0 Å². The maximum Gasteiger partial charge on any atom is 0.101 e. The topological polar surface area (TPSA) is 57.4 Å². The van der Waals surface area contributed by atoms with Gasteiger partial charge in [-0.1, -0.05) is 0 Å². The van der Waals surface area contributed by atoms with E-state index in [9.17, 15) is 0 Å². The minimum absolute atomic E-state index is 0.595. The van der Waals surface area contributed by atoms with E-state index in [4.69, 9.17) is 10.5 Å². The van der Waals surface area contributed by atoms with Crippen molar-refractivity contribution in [1.82, 2.24) is 9.35 Å². The molecule has 0 aliphatic heterocycles. The van der Waals surface area contributed by atoms with Crippen LogP contribution in [0.4, 0.5) is 0 Å². The van der Waals surface area contributed by atoms with Crippen LogP contribution in [0.3, 0.4) is 0 Å². The van der Waals surface area contributed by atoms with E-state index in [1.165, 1.54) is 0 Å². The Morgan fingerprint density at radius 1 is 0.857 bits per heavy atom. The highest BCUT2D eigenvalue weighted by Gasteiger charge is 1.98. The van der Waals surface area contributed by atoms with Gasteiger partial charge in [0.1, 0.15) is 12.1 Å². The van der Waals surface area contributed by atoms with Crippen LogP contribution in [0.2, 0.25) is 0 Å². The summed E-state index contributed by atoms with van der Waals surface area (Å²) in [6, 6.07) is 7.51. The summed E-state index contributed by atoms with van der Waals surface area (Å²) >= 11 is 0. The highest BCUT2D eigenvalue weighted by Crippen LogP contribution is 2.03. The zero-order valence-corrected chi connectivity index (χ0v) is 7.25. The zero-order chi connectivity index (χ0) is 9.97. The minimum atomic E-state index is 0.595. The third-order valence-corrected chi connectivity index (χ3v) is 1.88. The predicted molar refractivity (Wildman–Crippen MR) is 49.1 cm³/mol. The van der Waals surface area contributed by atoms with Gasteiger partial charge in [0.25, 0.3) is 0 Å². The first kappa shape index (κ1) is 8.15. The Morgan fingerprint density at radius 3 is 1.57 bits per heavy atom. The molecular formula is C10H6N4. The maximum absolute atomic E-state index is 8.62. The van der Waals surface area contributed by atoms with E-state index in [0.717, 1.165) is 0 Å². The van der Waals surface area contributed by atoms with Gasteiger partial charge < -0.3 is 0 Å². The first-order valence-electron chi connectivity index (χ1n) is 4.00. The van der Waals surface area contributed by atoms with Crippen LogP contribution in [0.25, 0.3) is 0 Å². The van der Waals surface area contributed by atoms with E-state index < -0.39 is 0 Å². The van der Waals surface area contributed by atoms with Crippen molar-refractivity contribution in [3.8, 4) is 12.1 Å². The third kappa shape index (κ3) is 1.26. The van der Waals surface area contributed by atoms with Gasteiger partial charge in [-0.15, -0.1) is 0 Å². The summed E-state index contributed by atoms with van der Waals surface area (Å²) in [6.45, 7) is 0. The van der Waals surface area contributed by atoms with Crippen molar-refractivity contribution in [2.24, 2.45) is 0 Å². The number of aromatic nitrogens is 2. The van der Waals surface area contributed by atoms with Gasteiger partial charge in [-0.3, -0.25) is 9.35 Å². The van der Waals surface area contributed by atoms with Crippen LogP contribution in [0.15, 0.2) is 36.9 Å². The summed E-state index contributed by atoms with van der Waals surface area (Å²) in [7, 11) is 0. The molecule has 0 amide bonds. The zero-order valence-electron chi connectivity index (χ0n) is 7.25. The highest BCUT2D eigenvalue weighted by molar-refractivity contribution is 5.28. The summed E-state index contributed by atoms with van der Waals surface area (Å²) < 4.78 is 3.47. The average Bonchev–Trinajstić information content (AvgIpc) is 2.86. The van der Waals surface area contributed by atoms with Gasteiger partial charge in [-0.25, -0.2) is 0 Å². The fraction of sp³-hybridized carbons (Fsp3) is 0. The lowest BCUT2D eigenvalue weighted by molar-refractivity contribution is 0.667. The average molecular weight is 182 g/mol. The molecule has 0 aromatic carbocycles. The molecule has 0 N–H and O–H groups in total. The van der Waals surface area contributed by atoms with Gasteiger partial charge in [0.2, 0.25) is 0 Å². The third-order valence-electron chi connectivity index (χ3n) is 1.88. The second-order valence-electron chi connectivity index (χ2n) is 2.78. The highest BCUT2D eigenvalue weighted by atomic mass is 15.4. The second-order valence-corrected chi connectivity index (χ2v) is 2.78. The van der Waals surface area contributed by atoms with Crippen molar-refractivity contribution in [2.75, 3.05) is 0 Å². The van der Waals surface area contributed by atoms with E-state index >= 15 is 0 Å². The van der Waals surface area contributed by atoms with Gasteiger partial charge >= 0.3 is 0 Å². The van der Waals surface area contributed by atoms with Crippen molar-refractivity contribution >= 4 is 0 Å². The lowest BCUT2D eigenvalue weighted by Crippen LogP contribution is -2.02. The van der Waals surface area contributed by atoms with Gasteiger partial charge in [0.15, 0.2) is 0 Å². The molecule has 0 aliphatic carbocycles. The van der Waals surface area contributed by atoms with E-state index in [1.807, 2.05) is 12.1 Å². The van der Waals surface area contributed by atoms with Crippen molar-refractivity contribution < 1.29 is 0 Å². The van der Waals surface area contributed by atoms with Crippen molar-refractivity contribution in [2.45, 2.75) is 0 Å². The molecule has 0 bridgehead atoms. The second kappa shape index (κ2) is 3.12. The molecule has 2 heterocycles. The Bertz CT molecular complexity index is 483. The molecule has 4 heteroatoms. The molecule has 0 unspecified atom stereocenters. The number of hydrogen-bond donors (Lipinski definition) is 0. The standard InChI is InChI=1S/C10H6N4/c11-5-9-1-3-13(7-9)14-4-2-10(6-12)8-14/h1-4,7-8H. The van der Waals surface area contributed by atoms with Crippen LogP contribution >= 0.6 is 0 Å². The monoisotopic (exact) mass is 182 g/mol. The molecule has 0 fully saturated rings. The quantitative estimate of drug-likeness (QED) is 0.668. The Kier molecular flexibility index (Phi) is 1.82. The smallest absolute Gasteiger partial charge is 0.101 e. The van der Waals surface area contributed by atoms with E-state index in [-0.39, 0.29) is 0 Å². The van der Waals surface area contributed by atoms with Crippen LogP contribution in [-0.2, 0) is 0 Å². The molecule has 2 aromatic heterocycles. The van der Waals surface area contributed by atoms with Crippen LogP contribution < -0.4 is 0 Å². The van der Waals surface area contributed by atoms with Crippen LogP contribution in [0.5, 0.6) is 0 Å². The Labute approximate surface area is 80.8 Å². The van der Waals surface area contributed by atoms with Crippen LogP contribution in [0.1, 0.15) is 11.1 Å². The van der Waals surface area contributed by atoms with Crippen molar-refractivity contribution in [3.05, 3.63) is 48.0 Å². The summed E-state index contributed by atoms with van der Waals surface area (Å²) in [5, 5.41) is 17.2. The summed E-state index contributed by atoms with van der Waals surface area (Å²) in [4.78, 5) is 0. The summed E-state index contributed by atoms with van der Waals surface area (Å²) in [6.07, 6.45) is 6.92. The number of nitrogens with zero attached hydrogens (tertiary/aromatic N) is 4. The fourth-order valence-corrected chi connectivity index (χ4v) is 1.19. The Morgan fingerprint density at radius 2 is 1.29 bits per heavy atom. The first-order valence-corrected chi connectivity index (χ1v) is 4.00. The lowest BCUT2D eigenvalue weighted by Gasteiger charge is -2.01. The van der Waals surface area contributed by atoms with Gasteiger partial charge in [-0.05, 0) is 12.1 Å². The van der Waals surface area contributed by atoms with Crippen molar-refractivity contribution in [3.63, 3.8) is 0 Å². The van der Waals surface area contributed by atoms with Gasteiger partial charge in [0, 0.05) is 24.8 Å². The molecular weight excluding hydrogens is 176 g/mol. The molecule has 0 saturated heterocycles. The molecule has 0 atom stereocenters. The number of rotatable bonds is 1. The number of hydrogen-bond acceptors (Lipinski definition) is 2. The molecule has 0 saturated carbocycles. The Hall–Kier alpha value is -2.46. The predicted octanol–water partition coefficient (Wildman–Crippen LogP) is 1.34. The molecule has 0 radical (unpaired) electrons. The van der Waals surface area contributed by atoms with Gasteiger partial charge in [0.05, 0.1) is 11.1 Å². The first-order chi connectivity index (χ1) is 6.83. The van der Waals surface area contributed by atoms with E-state index in [0.29, 0.717) is 11.1 Å². The SMILES string of the molecule is N#Cc1ccn(-n2ccc(C#N)c2)c1. The molecule has 4 nitrogen and oxygen atoms in total. The molecule has 2 aromatic rings.